The number of aliphatic hydroxyl groups excluding tert-OH is 1. The number of nitrogens with zero attached hydrogens (tertiary/aromatic N) is 1. The highest BCUT2D eigenvalue weighted by Gasteiger charge is 2.45. The molecule has 0 amide bonds. The zero-order valence-corrected chi connectivity index (χ0v) is 10.8. The van der Waals surface area contributed by atoms with Gasteiger partial charge in [0.25, 0.3) is 0 Å². The Kier molecular flexibility index (Phi) is 3.98. The maximum Gasteiger partial charge on any atom is 0.0836 e. The number of rotatable bonds is 4. The van der Waals surface area contributed by atoms with Gasteiger partial charge < -0.3 is 9.84 Å². The van der Waals surface area contributed by atoms with E-state index in [1.807, 2.05) is 13.8 Å². The van der Waals surface area contributed by atoms with Gasteiger partial charge >= 0.3 is 0 Å². The predicted molar refractivity (Wildman–Crippen MR) is 62.8 cm³/mol. The first kappa shape index (κ1) is 13.5. The highest BCUT2D eigenvalue weighted by molar-refractivity contribution is 5.08. The lowest BCUT2D eigenvalue weighted by molar-refractivity contribution is -0.0472. The van der Waals surface area contributed by atoms with Gasteiger partial charge in [-0.15, -0.1) is 0 Å². The molecule has 0 aromatic rings. The van der Waals surface area contributed by atoms with E-state index in [9.17, 15) is 10.4 Å². The van der Waals surface area contributed by atoms with Crippen LogP contribution < -0.4 is 0 Å². The van der Waals surface area contributed by atoms with Crippen LogP contribution in [0.4, 0.5) is 0 Å². The minimum atomic E-state index is -0.586. The molecule has 1 N–H and O–H groups in total. The number of ether oxygens (including phenoxy) is 1. The monoisotopic (exact) mass is 225 g/mol. The van der Waals surface area contributed by atoms with E-state index in [-0.39, 0.29) is 5.60 Å². The van der Waals surface area contributed by atoms with Gasteiger partial charge in [-0.25, -0.2) is 0 Å². The summed E-state index contributed by atoms with van der Waals surface area (Å²) in [7, 11) is 1.64. The Balaban J connectivity index is 2.72. The standard InChI is InChI=1S/C13H23NO2/c1-10-5-6-13(7-10,9-14)11(15)8-12(2,3)16-4/h10-11,15H,5-8H2,1-4H3. The van der Waals surface area contributed by atoms with Crippen LogP contribution in [0, 0.1) is 22.7 Å². The Hall–Kier alpha value is -0.590. The molecule has 1 saturated carbocycles. The molecule has 0 bridgehead atoms. The van der Waals surface area contributed by atoms with Crippen LogP contribution in [0.1, 0.15) is 46.5 Å². The summed E-state index contributed by atoms with van der Waals surface area (Å²) >= 11 is 0. The molecule has 3 atom stereocenters. The average molecular weight is 225 g/mol. The van der Waals surface area contributed by atoms with Gasteiger partial charge in [0, 0.05) is 13.5 Å². The van der Waals surface area contributed by atoms with Crippen LogP contribution in [0.15, 0.2) is 0 Å². The Morgan fingerprint density at radius 1 is 1.62 bits per heavy atom. The molecule has 0 heterocycles. The lowest BCUT2D eigenvalue weighted by atomic mass is 9.77. The highest BCUT2D eigenvalue weighted by atomic mass is 16.5. The van der Waals surface area contributed by atoms with Crippen molar-refractivity contribution in [2.45, 2.75) is 58.2 Å². The van der Waals surface area contributed by atoms with Gasteiger partial charge in [-0.2, -0.15) is 5.26 Å². The molecule has 0 aromatic carbocycles. The highest BCUT2D eigenvalue weighted by Crippen LogP contribution is 2.45. The van der Waals surface area contributed by atoms with Crippen molar-refractivity contribution < 1.29 is 9.84 Å². The van der Waals surface area contributed by atoms with Crippen LogP contribution in [0.2, 0.25) is 0 Å². The summed E-state index contributed by atoms with van der Waals surface area (Å²) in [5.74, 6) is 0.542. The molecule has 92 valence electrons. The number of nitriles is 1. The molecule has 3 heteroatoms. The lowest BCUT2D eigenvalue weighted by Gasteiger charge is -2.33. The van der Waals surface area contributed by atoms with Gasteiger partial charge in [0.15, 0.2) is 0 Å². The molecular formula is C13H23NO2. The summed E-state index contributed by atoms with van der Waals surface area (Å²) in [6.45, 7) is 6.03. The molecule has 0 aromatic heterocycles. The maximum atomic E-state index is 10.3. The van der Waals surface area contributed by atoms with Crippen molar-refractivity contribution in [1.29, 1.82) is 5.26 Å². The van der Waals surface area contributed by atoms with Gasteiger partial charge in [0.2, 0.25) is 0 Å². The topological polar surface area (TPSA) is 53.2 Å². The Bertz CT molecular complexity index is 282. The van der Waals surface area contributed by atoms with E-state index in [1.54, 1.807) is 7.11 Å². The molecule has 1 rings (SSSR count). The van der Waals surface area contributed by atoms with Crippen LogP contribution in [0.5, 0.6) is 0 Å². The fourth-order valence-corrected chi connectivity index (χ4v) is 2.55. The summed E-state index contributed by atoms with van der Waals surface area (Å²) in [5.41, 5.74) is -0.912. The second-order valence-electron chi connectivity index (χ2n) is 5.80. The summed E-state index contributed by atoms with van der Waals surface area (Å²) < 4.78 is 5.31. The maximum absolute atomic E-state index is 10.3. The third-order valence-corrected chi connectivity index (χ3v) is 3.89. The molecule has 1 aliphatic rings. The van der Waals surface area contributed by atoms with Crippen LogP contribution in [-0.4, -0.2) is 23.9 Å². The molecule has 0 aliphatic heterocycles. The fourth-order valence-electron chi connectivity index (χ4n) is 2.55. The molecule has 3 unspecified atom stereocenters. The Morgan fingerprint density at radius 2 is 2.25 bits per heavy atom. The van der Waals surface area contributed by atoms with Crippen molar-refractivity contribution in [3.63, 3.8) is 0 Å². The molecule has 16 heavy (non-hydrogen) atoms. The largest absolute Gasteiger partial charge is 0.391 e. The van der Waals surface area contributed by atoms with Gasteiger partial charge in [-0.1, -0.05) is 6.92 Å². The molecule has 1 aliphatic carbocycles. The predicted octanol–water partition coefficient (Wildman–Crippen LogP) is 2.49. The van der Waals surface area contributed by atoms with Crippen molar-refractivity contribution in [3.05, 3.63) is 0 Å². The number of methoxy groups -OCH3 is 1. The average Bonchev–Trinajstić information content (AvgIpc) is 2.61. The molecule has 0 spiro atoms. The zero-order valence-electron chi connectivity index (χ0n) is 10.8. The van der Waals surface area contributed by atoms with E-state index in [2.05, 4.69) is 13.0 Å². The van der Waals surface area contributed by atoms with Crippen molar-refractivity contribution >= 4 is 0 Å². The van der Waals surface area contributed by atoms with Crippen molar-refractivity contribution in [2.24, 2.45) is 11.3 Å². The van der Waals surface area contributed by atoms with Crippen molar-refractivity contribution in [2.75, 3.05) is 7.11 Å². The fraction of sp³-hybridized carbons (Fsp3) is 0.923. The third kappa shape index (κ3) is 2.75. The van der Waals surface area contributed by atoms with Gasteiger partial charge in [-0.3, -0.25) is 0 Å². The zero-order chi connectivity index (χ0) is 12.4. The summed E-state index contributed by atoms with van der Waals surface area (Å²) in [5, 5.41) is 19.6. The first-order valence-electron chi connectivity index (χ1n) is 6.00. The Morgan fingerprint density at radius 3 is 2.62 bits per heavy atom. The lowest BCUT2D eigenvalue weighted by Crippen LogP contribution is -2.38. The van der Waals surface area contributed by atoms with E-state index >= 15 is 0 Å². The van der Waals surface area contributed by atoms with E-state index in [4.69, 9.17) is 4.74 Å². The molecule has 3 nitrogen and oxygen atoms in total. The first-order valence-corrected chi connectivity index (χ1v) is 6.00. The number of hydrogen-bond donors (Lipinski definition) is 1. The summed E-state index contributed by atoms with van der Waals surface area (Å²) in [4.78, 5) is 0. The Labute approximate surface area is 98.4 Å². The van der Waals surface area contributed by atoms with Gasteiger partial charge in [0.05, 0.1) is 23.2 Å². The number of aliphatic hydroxyl groups is 1. The third-order valence-electron chi connectivity index (χ3n) is 3.89. The minimum absolute atomic E-state index is 0.366. The van der Waals surface area contributed by atoms with Crippen LogP contribution >= 0.6 is 0 Å². The second-order valence-corrected chi connectivity index (χ2v) is 5.80. The smallest absolute Gasteiger partial charge is 0.0836 e. The molecular weight excluding hydrogens is 202 g/mol. The summed E-state index contributed by atoms with van der Waals surface area (Å²) in [6, 6.07) is 2.35. The van der Waals surface area contributed by atoms with Crippen molar-refractivity contribution in [1.82, 2.24) is 0 Å². The number of hydrogen-bond acceptors (Lipinski definition) is 3. The van der Waals surface area contributed by atoms with Crippen LogP contribution in [0.3, 0.4) is 0 Å². The molecule has 0 radical (unpaired) electrons. The van der Waals surface area contributed by atoms with Gasteiger partial charge in [-0.05, 0) is 39.0 Å². The van der Waals surface area contributed by atoms with E-state index in [0.29, 0.717) is 12.3 Å². The van der Waals surface area contributed by atoms with Crippen LogP contribution in [-0.2, 0) is 4.74 Å². The van der Waals surface area contributed by atoms with Gasteiger partial charge in [0.1, 0.15) is 0 Å². The quantitative estimate of drug-likeness (QED) is 0.799. The molecule has 1 fully saturated rings. The van der Waals surface area contributed by atoms with Crippen molar-refractivity contribution in [3.8, 4) is 6.07 Å². The van der Waals surface area contributed by atoms with E-state index in [0.717, 1.165) is 19.3 Å². The second kappa shape index (κ2) is 4.73. The van der Waals surface area contributed by atoms with E-state index < -0.39 is 11.5 Å². The van der Waals surface area contributed by atoms with Crippen LogP contribution in [0.25, 0.3) is 0 Å². The summed E-state index contributed by atoms with van der Waals surface area (Å²) in [6.07, 6.45) is 2.59. The normalized spacial score (nSPS) is 32.4. The minimum Gasteiger partial charge on any atom is -0.391 e. The molecule has 0 saturated heterocycles. The van der Waals surface area contributed by atoms with E-state index in [1.165, 1.54) is 0 Å². The first-order chi connectivity index (χ1) is 7.35. The SMILES string of the molecule is COC(C)(C)CC(O)C1(C#N)CCC(C)C1.